The Morgan fingerprint density at radius 1 is 1.41 bits per heavy atom. The van der Waals surface area contributed by atoms with E-state index in [9.17, 15) is 4.79 Å². The summed E-state index contributed by atoms with van der Waals surface area (Å²) in [5.41, 5.74) is 0.816. The van der Waals surface area contributed by atoms with E-state index in [1.165, 1.54) is 0 Å². The van der Waals surface area contributed by atoms with Gasteiger partial charge in [0.25, 0.3) is 0 Å². The summed E-state index contributed by atoms with van der Waals surface area (Å²) < 4.78 is 6.30. The topological polar surface area (TPSA) is 26.3 Å². The number of halogens is 1. The van der Waals surface area contributed by atoms with E-state index >= 15 is 0 Å². The Morgan fingerprint density at radius 2 is 2.12 bits per heavy atom. The first kappa shape index (κ1) is 13.1. The van der Waals surface area contributed by atoms with Gasteiger partial charge in [-0.2, -0.15) is 0 Å². The average molecular weight is 315 g/mol. The molecule has 0 saturated carbocycles. The molecule has 0 bridgehead atoms. The molecule has 17 heavy (non-hydrogen) atoms. The lowest BCUT2D eigenvalue weighted by Crippen LogP contribution is -2.17. The number of rotatable bonds is 3. The number of carbonyl (C=O) groups excluding carboxylic acids is 1. The smallest absolute Gasteiger partial charge is 0.160 e. The highest BCUT2D eigenvalue weighted by Crippen LogP contribution is 2.33. The zero-order chi connectivity index (χ0) is 12.3. The van der Waals surface area contributed by atoms with E-state index < -0.39 is 0 Å². The minimum absolute atomic E-state index is 0.126. The zero-order valence-corrected chi connectivity index (χ0v) is 12.1. The molecule has 0 spiro atoms. The van der Waals surface area contributed by atoms with Gasteiger partial charge in [-0.25, -0.2) is 0 Å². The molecular weight excluding hydrogens is 300 g/mol. The Morgan fingerprint density at radius 3 is 2.76 bits per heavy atom. The standard InChI is InChI=1S/C13H15BrO2S/c1-9(15)12-8-10(14)2-3-13(12)17-11-4-6-16-7-5-11/h2-3,8,11H,4-7H2,1H3. The van der Waals surface area contributed by atoms with Gasteiger partial charge in [0.15, 0.2) is 5.78 Å². The predicted octanol–water partition coefficient (Wildman–Crippen LogP) is 3.92. The third-order valence-corrected chi connectivity index (χ3v) is 4.69. The average Bonchev–Trinajstić information content (AvgIpc) is 2.32. The van der Waals surface area contributed by atoms with Crippen LogP contribution in [0.4, 0.5) is 0 Å². The molecule has 0 unspecified atom stereocenters. The molecule has 2 rings (SSSR count). The van der Waals surface area contributed by atoms with Gasteiger partial charge in [-0.05, 0) is 38.0 Å². The van der Waals surface area contributed by atoms with Crippen LogP contribution in [0.25, 0.3) is 0 Å². The molecule has 0 aromatic heterocycles. The monoisotopic (exact) mass is 314 g/mol. The Hall–Kier alpha value is -0.320. The van der Waals surface area contributed by atoms with Crippen LogP contribution in [0.15, 0.2) is 27.6 Å². The predicted molar refractivity (Wildman–Crippen MR) is 73.8 cm³/mol. The van der Waals surface area contributed by atoms with Crippen molar-refractivity contribution < 1.29 is 9.53 Å². The first-order valence-corrected chi connectivity index (χ1v) is 7.39. The van der Waals surface area contributed by atoms with Gasteiger partial charge < -0.3 is 4.74 Å². The van der Waals surface area contributed by atoms with Gasteiger partial charge in [0.2, 0.25) is 0 Å². The normalized spacial score (nSPS) is 17.1. The van der Waals surface area contributed by atoms with Crippen molar-refractivity contribution in [1.82, 2.24) is 0 Å². The molecule has 2 nitrogen and oxygen atoms in total. The van der Waals surface area contributed by atoms with Gasteiger partial charge in [-0.15, -0.1) is 11.8 Å². The first-order chi connectivity index (χ1) is 8.16. The Balaban J connectivity index is 2.16. The summed E-state index contributed by atoms with van der Waals surface area (Å²) in [7, 11) is 0. The van der Waals surface area contributed by atoms with Crippen LogP contribution in [-0.4, -0.2) is 24.2 Å². The summed E-state index contributed by atoms with van der Waals surface area (Å²) in [6.45, 7) is 3.29. The molecule has 1 aliphatic heterocycles. The van der Waals surface area contributed by atoms with Gasteiger partial charge in [0, 0.05) is 33.4 Å². The fraction of sp³-hybridized carbons (Fsp3) is 0.462. The summed E-state index contributed by atoms with van der Waals surface area (Å²) in [5, 5.41) is 0.572. The molecule has 1 fully saturated rings. The molecule has 1 aromatic carbocycles. The third kappa shape index (κ3) is 3.57. The maximum absolute atomic E-state index is 11.6. The second-order valence-electron chi connectivity index (χ2n) is 4.13. The van der Waals surface area contributed by atoms with Crippen LogP contribution in [0.3, 0.4) is 0 Å². The minimum atomic E-state index is 0.126. The van der Waals surface area contributed by atoms with Crippen molar-refractivity contribution in [3.8, 4) is 0 Å². The van der Waals surface area contributed by atoms with E-state index in [2.05, 4.69) is 15.9 Å². The molecule has 0 atom stereocenters. The van der Waals surface area contributed by atoms with E-state index in [4.69, 9.17) is 4.74 Å². The SMILES string of the molecule is CC(=O)c1cc(Br)ccc1SC1CCOCC1. The number of benzene rings is 1. The van der Waals surface area contributed by atoms with Gasteiger partial charge in [-0.3, -0.25) is 4.79 Å². The fourth-order valence-corrected chi connectivity index (χ4v) is 3.48. The number of hydrogen-bond donors (Lipinski definition) is 0. The summed E-state index contributed by atoms with van der Waals surface area (Å²) in [6, 6.07) is 5.93. The lowest BCUT2D eigenvalue weighted by molar-refractivity contribution is 0.0999. The van der Waals surface area contributed by atoms with Crippen molar-refractivity contribution in [1.29, 1.82) is 0 Å². The molecule has 92 valence electrons. The highest BCUT2D eigenvalue weighted by Gasteiger charge is 2.17. The van der Waals surface area contributed by atoms with Crippen LogP contribution < -0.4 is 0 Å². The molecule has 1 aliphatic rings. The van der Waals surface area contributed by atoms with E-state index in [-0.39, 0.29) is 5.78 Å². The molecule has 0 amide bonds. The van der Waals surface area contributed by atoms with Crippen LogP contribution in [0.5, 0.6) is 0 Å². The van der Waals surface area contributed by atoms with E-state index in [1.807, 2.05) is 18.2 Å². The molecule has 4 heteroatoms. The second-order valence-corrected chi connectivity index (χ2v) is 6.38. The lowest BCUT2D eigenvalue weighted by atomic mass is 10.1. The van der Waals surface area contributed by atoms with Crippen molar-refractivity contribution in [2.45, 2.75) is 29.9 Å². The lowest BCUT2D eigenvalue weighted by Gasteiger charge is -2.22. The molecule has 0 radical (unpaired) electrons. The number of ether oxygens (including phenoxy) is 1. The Labute approximate surface area is 114 Å². The summed E-state index contributed by atoms with van der Waals surface area (Å²) in [5.74, 6) is 0.126. The number of thioether (sulfide) groups is 1. The maximum Gasteiger partial charge on any atom is 0.160 e. The molecule has 1 aromatic rings. The van der Waals surface area contributed by atoms with Crippen molar-refractivity contribution in [2.24, 2.45) is 0 Å². The van der Waals surface area contributed by atoms with E-state index in [0.29, 0.717) is 5.25 Å². The van der Waals surface area contributed by atoms with E-state index in [0.717, 1.165) is 41.0 Å². The second kappa shape index (κ2) is 6.03. The summed E-state index contributed by atoms with van der Waals surface area (Å²) in [6.07, 6.45) is 2.14. The molecular formula is C13H15BrO2S. The maximum atomic E-state index is 11.6. The third-order valence-electron chi connectivity index (χ3n) is 2.78. The number of hydrogen-bond acceptors (Lipinski definition) is 3. The highest BCUT2D eigenvalue weighted by atomic mass is 79.9. The first-order valence-electron chi connectivity index (χ1n) is 5.71. The van der Waals surface area contributed by atoms with Crippen LogP contribution in [-0.2, 0) is 4.74 Å². The molecule has 1 saturated heterocycles. The number of carbonyl (C=O) groups is 1. The largest absolute Gasteiger partial charge is 0.381 e. The Bertz CT molecular complexity index is 414. The number of ketones is 1. The van der Waals surface area contributed by atoms with Crippen LogP contribution in [0.2, 0.25) is 0 Å². The summed E-state index contributed by atoms with van der Waals surface area (Å²) in [4.78, 5) is 12.7. The Kier molecular flexibility index (Phi) is 4.65. The molecule has 0 N–H and O–H groups in total. The van der Waals surface area contributed by atoms with E-state index in [1.54, 1.807) is 18.7 Å². The minimum Gasteiger partial charge on any atom is -0.381 e. The van der Waals surface area contributed by atoms with Crippen LogP contribution >= 0.6 is 27.7 Å². The van der Waals surface area contributed by atoms with Gasteiger partial charge in [-0.1, -0.05) is 15.9 Å². The molecule has 0 aliphatic carbocycles. The highest BCUT2D eigenvalue weighted by molar-refractivity contribution is 9.10. The number of Topliss-reactive ketones (excluding diaryl/α,β-unsaturated/α-hetero) is 1. The van der Waals surface area contributed by atoms with Crippen LogP contribution in [0.1, 0.15) is 30.1 Å². The molecule has 1 heterocycles. The van der Waals surface area contributed by atoms with Gasteiger partial charge >= 0.3 is 0 Å². The van der Waals surface area contributed by atoms with Crippen molar-refractivity contribution >= 4 is 33.5 Å². The van der Waals surface area contributed by atoms with Gasteiger partial charge in [0.05, 0.1) is 0 Å². The van der Waals surface area contributed by atoms with Crippen molar-refractivity contribution in [3.05, 3.63) is 28.2 Å². The fourth-order valence-electron chi connectivity index (χ4n) is 1.85. The van der Waals surface area contributed by atoms with Crippen molar-refractivity contribution in [3.63, 3.8) is 0 Å². The van der Waals surface area contributed by atoms with Crippen molar-refractivity contribution in [2.75, 3.05) is 13.2 Å². The quantitative estimate of drug-likeness (QED) is 0.791. The summed E-state index contributed by atoms with van der Waals surface area (Å²) >= 11 is 5.21. The van der Waals surface area contributed by atoms with Gasteiger partial charge in [0.1, 0.15) is 0 Å². The van der Waals surface area contributed by atoms with Crippen LogP contribution in [0, 0.1) is 0 Å². The zero-order valence-electron chi connectivity index (χ0n) is 9.74.